The van der Waals surface area contributed by atoms with Gasteiger partial charge in [-0.1, -0.05) is 26.0 Å². The number of hydrogen-bond donors (Lipinski definition) is 1. The van der Waals surface area contributed by atoms with Crippen LogP contribution in [-0.4, -0.2) is 62.6 Å². The number of ether oxygens (including phenoxy) is 3. The van der Waals surface area contributed by atoms with E-state index in [0.717, 1.165) is 12.0 Å². The van der Waals surface area contributed by atoms with Gasteiger partial charge in [-0.05, 0) is 37.3 Å². The van der Waals surface area contributed by atoms with E-state index >= 15 is 0 Å². The van der Waals surface area contributed by atoms with Gasteiger partial charge in [0.2, 0.25) is 5.91 Å². The van der Waals surface area contributed by atoms with E-state index in [1.54, 1.807) is 43.4 Å². The molecule has 0 radical (unpaired) electrons. The Morgan fingerprint density at radius 3 is 2.27 bits per heavy atom. The van der Waals surface area contributed by atoms with Crippen LogP contribution in [0.4, 0.5) is 0 Å². The SMILES string of the molecule is COC(=O)[C@H](CC(C)C)NC(=O)[C@@H]1CCCN1C(=O)c1ccc(C(OC)OC)cc1. The van der Waals surface area contributed by atoms with Crippen LogP contribution in [0.1, 0.15) is 55.3 Å². The third kappa shape index (κ3) is 5.79. The van der Waals surface area contributed by atoms with Gasteiger partial charge in [0.1, 0.15) is 12.1 Å². The number of carbonyl (C=O) groups excluding carboxylic acids is 3. The Hall–Kier alpha value is -2.45. The minimum atomic E-state index is -0.723. The van der Waals surface area contributed by atoms with Gasteiger partial charge in [-0.15, -0.1) is 0 Å². The molecular formula is C22H32N2O6. The third-order valence-electron chi connectivity index (χ3n) is 5.18. The van der Waals surface area contributed by atoms with E-state index in [1.807, 2.05) is 13.8 Å². The predicted molar refractivity (Wildman–Crippen MR) is 111 cm³/mol. The van der Waals surface area contributed by atoms with E-state index in [4.69, 9.17) is 14.2 Å². The molecule has 1 aromatic carbocycles. The van der Waals surface area contributed by atoms with Crippen LogP contribution in [0, 0.1) is 5.92 Å². The summed E-state index contributed by atoms with van der Waals surface area (Å²) in [4.78, 5) is 39.5. The molecule has 1 saturated heterocycles. The summed E-state index contributed by atoms with van der Waals surface area (Å²) in [6.45, 7) is 4.42. The monoisotopic (exact) mass is 420 g/mol. The van der Waals surface area contributed by atoms with E-state index < -0.39 is 24.3 Å². The van der Waals surface area contributed by atoms with Gasteiger partial charge in [0.05, 0.1) is 7.11 Å². The minimum Gasteiger partial charge on any atom is -0.467 e. The summed E-state index contributed by atoms with van der Waals surface area (Å²) in [5.41, 5.74) is 1.28. The first kappa shape index (κ1) is 23.8. The molecule has 0 spiro atoms. The lowest BCUT2D eigenvalue weighted by Gasteiger charge is -2.26. The molecule has 1 fully saturated rings. The lowest BCUT2D eigenvalue weighted by molar-refractivity contribution is -0.146. The lowest BCUT2D eigenvalue weighted by atomic mass is 10.0. The number of hydrogen-bond acceptors (Lipinski definition) is 6. The number of esters is 1. The molecule has 166 valence electrons. The van der Waals surface area contributed by atoms with Crippen LogP contribution < -0.4 is 5.32 Å². The number of methoxy groups -OCH3 is 3. The van der Waals surface area contributed by atoms with Crippen molar-refractivity contribution < 1.29 is 28.6 Å². The van der Waals surface area contributed by atoms with Crippen LogP contribution in [0.5, 0.6) is 0 Å². The Balaban J connectivity index is 2.11. The molecule has 0 aliphatic carbocycles. The van der Waals surface area contributed by atoms with Gasteiger partial charge in [0.25, 0.3) is 5.91 Å². The molecular weight excluding hydrogens is 388 g/mol. The van der Waals surface area contributed by atoms with Crippen molar-refractivity contribution in [3.8, 4) is 0 Å². The van der Waals surface area contributed by atoms with Gasteiger partial charge in [-0.3, -0.25) is 9.59 Å². The number of benzene rings is 1. The molecule has 1 aliphatic heterocycles. The topological polar surface area (TPSA) is 94.2 Å². The summed E-state index contributed by atoms with van der Waals surface area (Å²) in [5.74, 6) is -0.817. The smallest absolute Gasteiger partial charge is 0.328 e. The van der Waals surface area contributed by atoms with Crippen molar-refractivity contribution >= 4 is 17.8 Å². The largest absolute Gasteiger partial charge is 0.467 e. The molecule has 1 heterocycles. The number of likely N-dealkylation sites (tertiary alicyclic amines) is 1. The second-order valence-corrected chi connectivity index (χ2v) is 7.80. The van der Waals surface area contributed by atoms with Crippen LogP contribution in [0.2, 0.25) is 0 Å². The van der Waals surface area contributed by atoms with E-state index in [-0.39, 0.29) is 17.7 Å². The zero-order chi connectivity index (χ0) is 22.3. The van der Waals surface area contributed by atoms with Crippen molar-refractivity contribution in [1.82, 2.24) is 10.2 Å². The highest BCUT2D eigenvalue weighted by Crippen LogP contribution is 2.23. The molecule has 1 N–H and O–H groups in total. The minimum absolute atomic E-state index is 0.206. The molecule has 2 amide bonds. The molecule has 0 bridgehead atoms. The van der Waals surface area contributed by atoms with Gasteiger partial charge in [0.15, 0.2) is 6.29 Å². The molecule has 2 atom stereocenters. The quantitative estimate of drug-likeness (QED) is 0.487. The summed E-state index contributed by atoms with van der Waals surface area (Å²) in [7, 11) is 4.39. The zero-order valence-electron chi connectivity index (χ0n) is 18.3. The van der Waals surface area contributed by atoms with Crippen LogP contribution in [0.3, 0.4) is 0 Å². The summed E-state index contributed by atoms with van der Waals surface area (Å²) in [6.07, 6.45) is 1.25. The summed E-state index contributed by atoms with van der Waals surface area (Å²) >= 11 is 0. The van der Waals surface area contributed by atoms with Crippen molar-refractivity contribution in [3.05, 3.63) is 35.4 Å². The molecule has 0 unspecified atom stereocenters. The van der Waals surface area contributed by atoms with Gasteiger partial charge in [0, 0.05) is 31.9 Å². The molecule has 0 aromatic heterocycles. The van der Waals surface area contributed by atoms with Crippen molar-refractivity contribution in [2.45, 2.75) is 51.5 Å². The molecule has 30 heavy (non-hydrogen) atoms. The molecule has 2 rings (SSSR count). The highest BCUT2D eigenvalue weighted by molar-refractivity contribution is 5.98. The number of nitrogens with zero attached hydrogens (tertiary/aromatic N) is 1. The maximum atomic E-state index is 13.0. The Bertz CT molecular complexity index is 730. The van der Waals surface area contributed by atoms with Crippen molar-refractivity contribution in [1.29, 1.82) is 0 Å². The predicted octanol–water partition coefficient (Wildman–Crippen LogP) is 2.29. The van der Waals surface area contributed by atoms with Crippen molar-refractivity contribution in [2.75, 3.05) is 27.9 Å². The summed E-state index contributed by atoms with van der Waals surface area (Å²) < 4.78 is 15.3. The van der Waals surface area contributed by atoms with E-state index in [0.29, 0.717) is 24.9 Å². The normalized spacial score (nSPS) is 17.3. The Morgan fingerprint density at radius 2 is 1.73 bits per heavy atom. The zero-order valence-corrected chi connectivity index (χ0v) is 18.3. The fourth-order valence-corrected chi connectivity index (χ4v) is 3.70. The van der Waals surface area contributed by atoms with Crippen molar-refractivity contribution in [2.24, 2.45) is 5.92 Å². The Kier molecular flexibility index (Phi) is 8.80. The Labute approximate surface area is 177 Å². The van der Waals surface area contributed by atoms with Gasteiger partial charge >= 0.3 is 5.97 Å². The first-order chi connectivity index (χ1) is 14.3. The second kappa shape index (κ2) is 11.1. The van der Waals surface area contributed by atoms with E-state index in [2.05, 4.69) is 5.32 Å². The van der Waals surface area contributed by atoms with Gasteiger partial charge < -0.3 is 24.4 Å². The van der Waals surface area contributed by atoms with E-state index in [9.17, 15) is 14.4 Å². The molecule has 1 aromatic rings. The molecule has 1 aliphatic rings. The number of carbonyl (C=O) groups is 3. The van der Waals surface area contributed by atoms with Crippen LogP contribution >= 0.6 is 0 Å². The van der Waals surface area contributed by atoms with Crippen LogP contribution in [0.25, 0.3) is 0 Å². The average molecular weight is 421 g/mol. The number of nitrogens with one attached hydrogen (secondary N) is 1. The average Bonchev–Trinajstić information content (AvgIpc) is 3.23. The maximum absolute atomic E-state index is 13.0. The molecule has 8 nitrogen and oxygen atoms in total. The van der Waals surface area contributed by atoms with Gasteiger partial charge in [-0.2, -0.15) is 0 Å². The lowest BCUT2D eigenvalue weighted by Crippen LogP contribution is -2.51. The number of rotatable bonds is 9. The summed E-state index contributed by atoms with van der Waals surface area (Å²) in [6, 6.07) is 5.61. The number of amides is 2. The maximum Gasteiger partial charge on any atom is 0.328 e. The summed E-state index contributed by atoms with van der Waals surface area (Å²) in [5, 5.41) is 2.78. The third-order valence-corrected chi connectivity index (χ3v) is 5.18. The first-order valence-corrected chi connectivity index (χ1v) is 10.2. The van der Waals surface area contributed by atoms with E-state index in [1.165, 1.54) is 7.11 Å². The fourth-order valence-electron chi connectivity index (χ4n) is 3.70. The van der Waals surface area contributed by atoms with Crippen molar-refractivity contribution in [3.63, 3.8) is 0 Å². The molecule has 8 heteroatoms. The fraction of sp³-hybridized carbons (Fsp3) is 0.591. The molecule has 0 saturated carbocycles. The highest BCUT2D eigenvalue weighted by atomic mass is 16.7. The highest BCUT2D eigenvalue weighted by Gasteiger charge is 2.36. The van der Waals surface area contributed by atoms with Crippen LogP contribution in [-0.2, 0) is 23.8 Å². The standard InChI is InChI=1S/C22H32N2O6/c1-14(2)13-17(21(27)28-3)23-19(25)18-7-6-12-24(18)20(26)15-8-10-16(11-9-15)22(29-4)30-5/h8-11,14,17-18,22H,6-7,12-13H2,1-5H3,(H,23,25)/t17-,18-/m0/s1. The Morgan fingerprint density at radius 1 is 1.10 bits per heavy atom. The van der Waals surface area contributed by atoms with Gasteiger partial charge in [-0.25, -0.2) is 4.79 Å². The second-order valence-electron chi connectivity index (χ2n) is 7.80. The first-order valence-electron chi connectivity index (χ1n) is 10.2. The van der Waals surface area contributed by atoms with Crippen LogP contribution in [0.15, 0.2) is 24.3 Å².